The lowest BCUT2D eigenvalue weighted by molar-refractivity contribution is -0.118. The molecule has 0 aliphatic rings. The number of aromatic nitrogens is 1. The second-order valence-electron chi connectivity index (χ2n) is 7.10. The summed E-state index contributed by atoms with van der Waals surface area (Å²) in [7, 11) is 1.54. The van der Waals surface area contributed by atoms with E-state index < -0.39 is 5.91 Å². The number of aromatic hydroxyl groups is 1. The fraction of sp³-hybridized carbons (Fsp3) is 0.273. The lowest BCUT2D eigenvalue weighted by Gasteiger charge is -2.10. The van der Waals surface area contributed by atoms with Crippen molar-refractivity contribution >= 4 is 40.0 Å². The number of hydrogen-bond acceptors (Lipinski definition) is 5. The summed E-state index contributed by atoms with van der Waals surface area (Å²) in [6.45, 7) is 3.93. The van der Waals surface area contributed by atoms with Gasteiger partial charge in [0.15, 0.2) is 5.69 Å². The maximum Gasteiger partial charge on any atom is 0.266 e. The third-order valence-electron chi connectivity index (χ3n) is 4.68. The van der Waals surface area contributed by atoms with E-state index in [0.29, 0.717) is 21.7 Å². The number of nitrogens with zero attached hydrogens (tertiary/aromatic N) is 3. The average Bonchev–Trinajstić information content (AvgIpc) is 3.02. The number of rotatable bonds is 7. The van der Waals surface area contributed by atoms with Gasteiger partial charge in [0, 0.05) is 24.4 Å². The van der Waals surface area contributed by atoms with Crippen molar-refractivity contribution in [2.24, 2.45) is 10.2 Å². The van der Waals surface area contributed by atoms with E-state index in [1.54, 1.807) is 48.1 Å². The van der Waals surface area contributed by atoms with Crippen LogP contribution in [0, 0.1) is 0 Å². The summed E-state index contributed by atoms with van der Waals surface area (Å²) in [6, 6.07) is 11.9. The highest BCUT2D eigenvalue weighted by molar-refractivity contribution is 6.33. The molecule has 2 aromatic carbocycles. The Balaban J connectivity index is 1.72. The zero-order valence-corrected chi connectivity index (χ0v) is 18.2. The molecule has 0 aliphatic heterocycles. The molecule has 0 spiro atoms. The van der Waals surface area contributed by atoms with Crippen molar-refractivity contribution in [3.8, 4) is 11.6 Å². The van der Waals surface area contributed by atoms with Gasteiger partial charge < -0.3 is 19.7 Å². The van der Waals surface area contributed by atoms with E-state index >= 15 is 0 Å². The van der Waals surface area contributed by atoms with Gasteiger partial charge in [-0.1, -0.05) is 23.7 Å². The number of amides is 2. The number of azo groups is 1. The Hall–Kier alpha value is -3.39. The number of carbonyl (C=O) groups is 2. The van der Waals surface area contributed by atoms with Crippen molar-refractivity contribution in [1.29, 1.82) is 0 Å². The van der Waals surface area contributed by atoms with Crippen molar-refractivity contribution < 1.29 is 19.4 Å². The van der Waals surface area contributed by atoms with Crippen molar-refractivity contribution in [2.45, 2.75) is 26.3 Å². The standard InChI is InChI=1S/C22H23ClN4O4/c1-13(2)27-18-9-8-14(31-3)12-16(18)20(22(27)30)26-25-19(28)10-11-24-21(29)15-6-4-5-7-17(15)23/h4-9,12-13,30H,10-11H2,1-3H3,(H,24,29). The summed E-state index contributed by atoms with van der Waals surface area (Å²) in [5.41, 5.74) is 1.27. The highest BCUT2D eigenvalue weighted by Gasteiger charge is 2.19. The predicted octanol–water partition coefficient (Wildman–Crippen LogP) is 5.02. The molecule has 1 aromatic heterocycles. The molecule has 3 aromatic rings. The molecule has 0 radical (unpaired) electrons. The van der Waals surface area contributed by atoms with E-state index in [4.69, 9.17) is 16.3 Å². The predicted molar refractivity (Wildman–Crippen MR) is 118 cm³/mol. The van der Waals surface area contributed by atoms with Crippen molar-refractivity contribution in [1.82, 2.24) is 9.88 Å². The summed E-state index contributed by atoms with van der Waals surface area (Å²) < 4.78 is 6.96. The Morgan fingerprint density at radius 1 is 1.23 bits per heavy atom. The normalized spacial score (nSPS) is 11.4. The summed E-state index contributed by atoms with van der Waals surface area (Å²) in [5.74, 6) is -0.396. The molecule has 0 unspecified atom stereocenters. The highest BCUT2D eigenvalue weighted by Crippen LogP contribution is 2.42. The third-order valence-corrected chi connectivity index (χ3v) is 5.01. The van der Waals surface area contributed by atoms with Gasteiger partial charge in [0.05, 0.1) is 23.2 Å². The highest BCUT2D eigenvalue weighted by atomic mass is 35.5. The zero-order chi connectivity index (χ0) is 22.5. The quantitative estimate of drug-likeness (QED) is 0.501. The molecule has 0 aliphatic carbocycles. The van der Waals surface area contributed by atoms with Gasteiger partial charge in [-0.2, -0.15) is 0 Å². The molecule has 0 fully saturated rings. The Bertz CT molecular complexity index is 1150. The van der Waals surface area contributed by atoms with Crippen LogP contribution in [0.4, 0.5) is 5.69 Å². The number of ether oxygens (including phenoxy) is 1. The second-order valence-corrected chi connectivity index (χ2v) is 7.51. The number of nitrogens with one attached hydrogen (secondary N) is 1. The summed E-state index contributed by atoms with van der Waals surface area (Å²) in [4.78, 5) is 24.3. The second kappa shape index (κ2) is 9.61. The van der Waals surface area contributed by atoms with Gasteiger partial charge in [0.25, 0.3) is 11.8 Å². The largest absolute Gasteiger partial charge is 0.497 e. The first-order chi connectivity index (χ1) is 14.8. The molecule has 0 atom stereocenters. The van der Waals surface area contributed by atoms with Gasteiger partial charge in [-0.15, -0.1) is 10.2 Å². The first-order valence-corrected chi connectivity index (χ1v) is 10.1. The Kier molecular flexibility index (Phi) is 6.91. The number of carbonyl (C=O) groups excluding carboxylic acids is 2. The van der Waals surface area contributed by atoms with Crippen LogP contribution < -0.4 is 10.1 Å². The van der Waals surface area contributed by atoms with E-state index in [2.05, 4.69) is 15.5 Å². The fourth-order valence-electron chi connectivity index (χ4n) is 3.19. The minimum Gasteiger partial charge on any atom is -0.497 e. The molecule has 8 nitrogen and oxygen atoms in total. The summed E-state index contributed by atoms with van der Waals surface area (Å²) in [5, 5.41) is 21.9. The number of halogens is 1. The third kappa shape index (κ3) is 4.86. The van der Waals surface area contributed by atoms with Crippen molar-refractivity contribution in [2.75, 3.05) is 13.7 Å². The van der Waals surface area contributed by atoms with Gasteiger partial charge in [-0.05, 0) is 44.2 Å². The summed E-state index contributed by atoms with van der Waals surface area (Å²) >= 11 is 5.99. The van der Waals surface area contributed by atoms with E-state index in [9.17, 15) is 14.7 Å². The van der Waals surface area contributed by atoms with Crippen LogP contribution in [0.15, 0.2) is 52.7 Å². The van der Waals surface area contributed by atoms with Gasteiger partial charge in [0.1, 0.15) is 5.75 Å². The van der Waals surface area contributed by atoms with E-state index in [1.807, 2.05) is 19.9 Å². The van der Waals surface area contributed by atoms with Crippen LogP contribution in [-0.4, -0.2) is 35.1 Å². The lowest BCUT2D eigenvalue weighted by atomic mass is 10.2. The fourth-order valence-corrected chi connectivity index (χ4v) is 3.41. The van der Waals surface area contributed by atoms with Crippen LogP contribution in [0.5, 0.6) is 11.6 Å². The summed E-state index contributed by atoms with van der Waals surface area (Å²) in [6.07, 6.45) is -0.0490. The lowest BCUT2D eigenvalue weighted by Crippen LogP contribution is -2.25. The molecule has 2 amide bonds. The van der Waals surface area contributed by atoms with Gasteiger partial charge >= 0.3 is 0 Å². The number of benzene rings is 2. The molecule has 0 bridgehead atoms. The number of hydrogen-bond donors (Lipinski definition) is 2. The van der Waals surface area contributed by atoms with Gasteiger partial charge in [-0.3, -0.25) is 9.59 Å². The molecule has 9 heteroatoms. The van der Waals surface area contributed by atoms with Crippen LogP contribution in [-0.2, 0) is 4.79 Å². The molecule has 2 N–H and O–H groups in total. The Morgan fingerprint density at radius 2 is 1.97 bits per heavy atom. The van der Waals surface area contributed by atoms with Gasteiger partial charge in [0.2, 0.25) is 5.88 Å². The molecular formula is C22H23ClN4O4. The topological polar surface area (TPSA) is 105 Å². The number of fused-ring (bicyclic) bond motifs is 1. The SMILES string of the molecule is COc1ccc2c(c1)c(N=NC(=O)CCNC(=O)c1ccccc1Cl)c(O)n2C(C)C. The van der Waals surface area contributed by atoms with Crippen LogP contribution >= 0.6 is 11.6 Å². The van der Waals surface area contributed by atoms with Crippen LogP contribution in [0.3, 0.4) is 0 Å². The maximum atomic E-state index is 12.2. The first kappa shape index (κ1) is 22.3. The van der Waals surface area contributed by atoms with Crippen LogP contribution in [0.2, 0.25) is 5.02 Å². The molecule has 3 rings (SSSR count). The van der Waals surface area contributed by atoms with E-state index in [1.165, 1.54) is 0 Å². The molecule has 0 saturated heterocycles. The minimum absolute atomic E-state index is 0.0319. The monoisotopic (exact) mass is 442 g/mol. The maximum absolute atomic E-state index is 12.2. The minimum atomic E-state index is -0.535. The molecule has 162 valence electrons. The number of methoxy groups -OCH3 is 1. The van der Waals surface area contributed by atoms with E-state index in [0.717, 1.165) is 5.52 Å². The molecule has 31 heavy (non-hydrogen) atoms. The molecule has 0 saturated carbocycles. The average molecular weight is 443 g/mol. The zero-order valence-electron chi connectivity index (χ0n) is 17.4. The Morgan fingerprint density at radius 3 is 2.65 bits per heavy atom. The van der Waals surface area contributed by atoms with Crippen LogP contribution in [0.25, 0.3) is 10.9 Å². The smallest absolute Gasteiger partial charge is 0.266 e. The van der Waals surface area contributed by atoms with Crippen molar-refractivity contribution in [3.05, 3.63) is 53.1 Å². The van der Waals surface area contributed by atoms with Gasteiger partial charge in [-0.25, -0.2) is 0 Å². The van der Waals surface area contributed by atoms with Crippen molar-refractivity contribution in [3.63, 3.8) is 0 Å². The first-order valence-electron chi connectivity index (χ1n) is 9.71. The van der Waals surface area contributed by atoms with Crippen LogP contribution in [0.1, 0.15) is 36.7 Å². The van der Waals surface area contributed by atoms with E-state index in [-0.39, 0.29) is 36.5 Å². The molecular weight excluding hydrogens is 420 g/mol. The molecule has 1 heterocycles. The Labute approximate surface area is 184 Å².